The average molecular weight is 537 g/mol. The first-order chi connectivity index (χ1) is 14.1. The van der Waals surface area contributed by atoms with Gasteiger partial charge in [-0.05, 0) is 38.4 Å². The normalized spacial score (nSPS) is 20.0. The number of halogens is 3. The lowest BCUT2D eigenvalue weighted by atomic mass is 10.2. The van der Waals surface area contributed by atoms with Crippen molar-refractivity contribution in [3.05, 3.63) is 24.3 Å². The van der Waals surface area contributed by atoms with E-state index in [9.17, 15) is 8.78 Å². The Morgan fingerprint density at radius 1 is 1.27 bits per heavy atom. The molecule has 1 unspecified atom stereocenters. The second-order valence-corrected chi connectivity index (χ2v) is 7.84. The van der Waals surface area contributed by atoms with E-state index in [1.54, 1.807) is 19.2 Å². The molecule has 30 heavy (non-hydrogen) atoms. The Morgan fingerprint density at radius 3 is 2.70 bits per heavy atom. The number of aliphatic imine (C=N–C) groups is 1. The lowest BCUT2D eigenvalue weighted by molar-refractivity contribution is -0.0495. The topological polar surface area (TPSA) is 52.1 Å². The Bertz CT molecular complexity index is 673. The molecule has 1 aliphatic carbocycles. The molecule has 9 heteroatoms. The maximum Gasteiger partial charge on any atom is 0.387 e. The monoisotopic (exact) mass is 537 g/mol. The second-order valence-electron chi connectivity index (χ2n) is 7.84. The number of nitrogens with one attached hydrogen (secondary N) is 2. The molecule has 1 aromatic rings. The summed E-state index contributed by atoms with van der Waals surface area (Å²) >= 11 is 0. The Hall–Kier alpha value is -1.36. The van der Waals surface area contributed by atoms with Crippen LogP contribution in [0.2, 0.25) is 0 Å². The Labute approximate surface area is 195 Å². The molecule has 1 saturated carbocycles. The first kappa shape index (κ1) is 24.9. The van der Waals surface area contributed by atoms with Crippen LogP contribution in [0.5, 0.6) is 5.75 Å². The van der Waals surface area contributed by atoms with Gasteiger partial charge < -0.3 is 25.2 Å². The van der Waals surface area contributed by atoms with Crippen LogP contribution in [0.15, 0.2) is 29.3 Å². The summed E-state index contributed by atoms with van der Waals surface area (Å²) < 4.78 is 30.0. The van der Waals surface area contributed by atoms with Crippen LogP contribution in [-0.2, 0) is 0 Å². The Morgan fingerprint density at radius 2 is 2.00 bits per heavy atom. The number of nitrogens with zero attached hydrogens (tertiary/aromatic N) is 3. The Kier molecular flexibility index (Phi) is 10.4. The van der Waals surface area contributed by atoms with Gasteiger partial charge in [0.15, 0.2) is 5.96 Å². The molecule has 6 nitrogen and oxygen atoms in total. The quantitative estimate of drug-likeness (QED) is 0.302. The standard InChI is InChI=1S/C21H33F2N5O.HI/c1-24-21(25-12-14-27(2)17-7-3-4-8-17)26-16-11-13-28(15-16)18-9-5-6-10-19(18)29-20(22)23;/h5-6,9-10,16-17,20H,3-4,7-8,11-15H2,1-2H3,(H2,24,25,26);1H. The largest absolute Gasteiger partial charge is 0.433 e. The van der Waals surface area contributed by atoms with Gasteiger partial charge in [0.1, 0.15) is 5.75 Å². The number of anilines is 1. The van der Waals surface area contributed by atoms with E-state index in [0.29, 0.717) is 18.3 Å². The average Bonchev–Trinajstić information content (AvgIpc) is 3.39. The van der Waals surface area contributed by atoms with Crippen LogP contribution < -0.4 is 20.3 Å². The molecule has 1 atom stereocenters. The van der Waals surface area contributed by atoms with Crippen molar-refractivity contribution in [3.8, 4) is 5.75 Å². The van der Waals surface area contributed by atoms with Crippen molar-refractivity contribution in [2.75, 3.05) is 45.2 Å². The molecule has 0 spiro atoms. The van der Waals surface area contributed by atoms with Crippen LogP contribution in [-0.4, -0.2) is 69.8 Å². The smallest absolute Gasteiger partial charge is 0.387 e. The maximum absolute atomic E-state index is 12.7. The molecule has 1 aromatic carbocycles. The van der Waals surface area contributed by atoms with Crippen LogP contribution in [0, 0.1) is 0 Å². The molecule has 0 aromatic heterocycles. The van der Waals surface area contributed by atoms with Crippen LogP contribution in [0.4, 0.5) is 14.5 Å². The third-order valence-corrected chi connectivity index (χ3v) is 5.88. The van der Waals surface area contributed by atoms with Crippen molar-refractivity contribution in [3.63, 3.8) is 0 Å². The number of likely N-dealkylation sites (N-methyl/N-ethyl adjacent to an activating group) is 1. The first-order valence-electron chi connectivity index (χ1n) is 10.5. The minimum atomic E-state index is -2.82. The van der Waals surface area contributed by atoms with Gasteiger partial charge in [-0.25, -0.2) is 0 Å². The van der Waals surface area contributed by atoms with E-state index >= 15 is 0 Å². The third-order valence-electron chi connectivity index (χ3n) is 5.88. The van der Waals surface area contributed by atoms with E-state index < -0.39 is 6.61 Å². The predicted molar refractivity (Wildman–Crippen MR) is 128 cm³/mol. The fraction of sp³-hybridized carbons (Fsp3) is 0.667. The van der Waals surface area contributed by atoms with Gasteiger partial charge in [0.05, 0.1) is 5.69 Å². The van der Waals surface area contributed by atoms with E-state index in [1.165, 1.54) is 25.7 Å². The van der Waals surface area contributed by atoms with Crippen LogP contribution in [0.1, 0.15) is 32.1 Å². The van der Waals surface area contributed by atoms with Crippen molar-refractivity contribution < 1.29 is 13.5 Å². The van der Waals surface area contributed by atoms with Gasteiger partial charge in [0, 0.05) is 45.3 Å². The molecule has 170 valence electrons. The SMILES string of the molecule is CN=C(NCCN(C)C1CCCC1)NC1CCN(c2ccccc2OC(F)F)C1.I. The summed E-state index contributed by atoms with van der Waals surface area (Å²) in [7, 11) is 3.97. The highest BCUT2D eigenvalue weighted by Crippen LogP contribution is 2.31. The molecule has 0 radical (unpaired) electrons. The van der Waals surface area contributed by atoms with Gasteiger partial charge in [-0.3, -0.25) is 4.99 Å². The van der Waals surface area contributed by atoms with Gasteiger partial charge >= 0.3 is 6.61 Å². The third kappa shape index (κ3) is 7.11. The molecule has 1 aliphatic heterocycles. The maximum atomic E-state index is 12.7. The van der Waals surface area contributed by atoms with Crippen molar-refractivity contribution in [2.24, 2.45) is 4.99 Å². The van der Waals surface area contributed by atoms with Gasteiger partial charge in [-0.2, -0.15) is 8.78 Å². The number of alkyl halides is 2. The van der Waals surface area contributed by atoms with E-state index in [-0.39, 0.29) is 35.8 Å². The number of benzene rings is 1. The highest BCUT2D eigenvalue weighted by Gasteiger charge is 2.26. The van der Waals surface area contributed by atoms with E-state index in [4.69, 9.17) is 0 Å². The fourth-order valence-electron chi connectivity index (χ4n) is 4.28. The van der Waals surface area contributed by atoms with Crippen molar-refractivity contribution >= 4 is 35.6 Å². The van der Waals surface area contributed by atoms with E-state index in [1.807, 2.05) is 12.1 Å². The fourth-order valence-corrected chi connectivity index (χ4v) is 4.28. The van der Waals surface area contributed by atoms with Crippen LogP contribution >= 0.6 is 24.0 Å². The van der Waals surface area contributed by atoms with Crippen molar-refractivity contribution in [1.82, 2.24) is 15.5 Å². The van der Waals surface area contributed by atoms with Gasteiger partial charge in [0.2, 0.25) is 0 Å². The predicted octanol–water partition coefficient (Wildman–Crippen LogP) is 3.52. The van der Waals surface area contributed by atoms with Gasteiger partial charge in [0.25, 0.3) is 0 Å². The molecule has 3 rings (SSSR count). The zero-order valence-corrected chi connectivity index (χ0v) is 20.1. The number of guanidine groups is 1. The molecular formula is C21H34F2IN5O. The number of ether oxygens (including phenoxy) is 1. The summed E-state index contributed by atoms with van der Waals surface area (Å²) in [5.41, 5.74) is 0.707. The highest BCUT2D eigenvalue weighted by atomic mass is 127. The Balaban J connectivity index is 0.00000320. The molecule has 2 fully saturated rings. The number of hydrogen-bond acceptors (Lipinski definition) is 4. The lowest BCUT2D eigenvalue weighted by Gasteiger charge is -2.25. The summed E-state index contributed by atoms with van der Waals surface area (Å²) in [5.74, 6) is 1.01. The minimum Gasteiger partial charge on any atom is -0.433 e. The molecule has 2 aliphatic rings. The lowest BCUT2D eigenvalue weighted by Crippen LogP contribution is -2.47. The molecular weight excluding hydrogens is 503 g/mol. The van der Waals surface area contributed by atoms with Gasteiger partial charge in [-0.1, -0.05) is 25.0 Å². The van der Waals surface area contributed by atoms with Crippen LogP contribution in [0.25, 0.3) is 0 Å². The molecule has 1 heterocycles. The second kappa shape index (κ2) is 12.5. The summed E-state index contributed by atoms with van der Waals surface area (Å²) in [4.78, 5) is 8.85. The number of hydrogen-bond donors (Lipinski definition) is 2. The van der Waals surface area contributed by atoms with E-state index in [2.05, 4.69) is 37.2 Å². The molecule has 1 saturated heterocycles. The van der Waals surface area contributed by atoms with Gasteiger partial charge in [-0.15, -0.1) is 24.0 Å². The summed E-state index contributed by atoms with van der Waals surface area (Å²) in [5, 5.41) is 6.86. The zero-order valence-electron chi connectivity index (χ0n) is 17.8. The summed E-state index contributed by atoms with van der Waals surface area (Å²) in [6, 6.07) is 7.88. The molecule has 0 amide bonds. The number of para-hydroxylation sites is 2. The summed E-state index contributed by atoms with van der Waals surface area (Å²) in [6.07, 6.45) is 6.20. The highest BCUT2D eigenvalue weighted by molar-refractivity contribution is 14.0. The van der Waals surface area contributed by atoms with Crippen molar-refractivity contribution in [1.29, 1.82) is 0 Å². The van der Waals surface area contributed by atoms with Crippen LogP contribution in [0.3, 0.4) is 0 Å². The van der Waals surface area contributed by atoms with Crippen molar-refractivity contribution in [2.45, 2.75) is 50.8 Å². The summed E-state index contributed by atoms with van der Waals surface area (Å²) in [6.45, 7) is 0.502. The number of rotatable bonds is 8. The molecule has 0 bridgehead atoms. The minimum absolute atomic E-state index is 0. The molecule has 2 N–H and O–H groups in total. The zero-order chi connectivity index (χ0) is 20.6. The first-order valence-corrected chi connectivity index (χ1v) is 10.5. The van der Waals surface area contributed by atoms with E-state index in [0.717, 1.165) is 32.0 Å².